The monoisotopic (exact) mass is 429 g/mol. The first-order valence-corrected chi connectivity index (χ1v) is 10.5. The number of nitrogens with zero attached hydrogens (tertiary/aromatic N) is 1. The van der Waals surface area contributed by atoms with E-state index in [9.17, 15) is 14.4 Å². The van der Waals surface area contributed by atoms with Gasteiger partial charge in [0.15, 0.2) is 0 Å². The number of amides is 3. The molecule has 0 radical (unpaired) electrons. The molecule has 1 aromatic heterocycles. The SMILES string of the molecule is O=C1NC(=O)C(=Cc2ccc(-c3cncc(CCNC(=O)c4ccccc4)c3)cc2)S1. The van der Waals surface area contributed by atoms with Crippen LogP contribution in [0.15, 0.2) is 78.0 Å². The molecule has 2 heterocycles. The molecule has 154 valence electrons. The summed E-state index contributed by atoms with van der Waals surface area (Å²) < 4.78 is 0. The van der Waals surface area contributed by atoms with Gasteiger partial charge in [-0.3, -0.25) is 24.7 Å². The summed E-state index contributed by atoms with van der Waals surface area (Å²) in [5.41, 5.74) is 4.46. The third-order valence-corrected chi connectivity index (χ3v) is 5.52. The molecule has 6 nitrogen and oxygen atoms in total. The minimum Gasteiger partial charge on any atom is -0.352 e. The van der Waals surface area contributed by atoms with E-state index in [2.05, 4.69) is 15.6 Å². The van der Waals surface area contributed by atoms with Crippen molar-refractivity contribution in [3.05, 3.63) is 94.7 Å². The predicted octanol–water partition coefficient (Wildman–Crippen LogP) is 4.05. The Kier molecular flexibility index (Phi) is 6.24. The molecule has 7 heteroatoms. The second-order valence-corrected chi connectivity index (χ2v) is 7.94. The Morgan fingerprint density at radius 2 is 1.77 bits per heavy atom. The van der Waals surface area contributed by atoms with Crippen LogP contribution in [0.4, 0.5) is 4.79 Å². The maximum absolute atomic E-state index is 12.1. The lowest BCUT2D eigenvalue weighted by molar-refractivity contribution is -0.115. The molecule has 1 aliphatic rings. The number of rotatable bonds is 6. The number of pyridine rings is 1. The van der Waals surface area contributed by atoms with Gasteiger partial charge in [-0.2, -0.15) is 0 Å². The van der Waals surface area contributed by atoms with E-state index in [4.69, 9.17) is 0 Å². The molecule has 2 aromatic carbocycles. The summed E-state index contributed by atoms with van der Waals surface area (Å²) in [6, 6.07) is 18.9. The fourth-order valence-corrected chi connectivity index (χ4v) is 3.82. The molecule has 0 atom stereocenters. The second kappa shape index (κ2) is 9.40. The van der Waals surface area contributed by atoms with E-state index in [-0.39, 0.29) is 17.1 Å². The molecular weight excluding hydrogens is 410 g/mol. The molecule has 1 aliphatic heterocycles. The Hall–Kier alpha value is -3.71. The Morgan fingerprint density at radius 1 is 1.00 bits per heavy atom. The van der Waals surface area contributed by atoms with E-state index in [0.717, 1.165) is 34.0 Å². The Bertz CT molecular complexity index is 1160. The van der Waals surface area contributed by atoms with Crippen molar-refractivity contribution in [2.75, 3.05) is 6.54 Å². The van der Waals surface area contributed by atoms with Gasteiger partial charge >= 0.3 is 0 Å². The van der Waals surface area contributed by atoms with Crippen molar-refractivity contribution in [3.63, 3.8) is 0 Å². The summed E-state index contributed by atoms with van der Waals surface area (Å²) in [5.74, 6) is -0.458. The van der Waals surface area contributed by atoms with Crippen LogP contribution in [0, 0.1) is 0 Å². The molecule has 0 spiro atoms. The van der Waals surface area contributed by atoms with Gasteiger partial charge in [-0.1, -0.05) is 42.5 Å². The lowest BCUT2D eigenvalue weighted by Gasteiger charge is -2.07. The fourth-order valence-electron chi connectivity index (χ4n) is 3.14. The average molecular weight is 430 g/mol. The number of carbonyl (C=O) groups is 3. The highest BCUT2D eigenvalue weighted by Gasteiger charge is 2.24. The normalized spacial score (nSPS) is 14.5. The van der Waals surface area contributed by atoms with Gasteiger partial charge < -0.3 is 5.32 Å². The lowest BCUT2D eigenvalue weighted by Crippen LogP contribution is -2.25. The minimum absolute atomic E-state index is 0.0924. The van der Waals surface area contributed by atoms with E-state index in [1.807, 2.05) is 48.5 Å². The van der Waals surface area contributed by atoms with Crippen molar-refractivity contribution < 1.29 is 14.4 Å². The molecule has 2 N–H and O–H groups in total. The first-order valence-electron chi connectivity index (χ1n) is 9.71. The third kappa shape index (κ3) is 5.26. The van der Waals surface area contributed by atoms with Gasteiger partial charge in [-0.15, -0.1) is 0 Å². The van der Waals surface area contributed by atoms with Crippen molar-refractivity contribution in [1.29, 1.82) is 0 Å². The molecule has 1 saturated heterocycles. The molecular formula is C24H19N3O3S. The van der Waals surface area contributed by atoms with Crippen LogP contribution < -0.4 is 10.6 Å². The molecule has 4 rings (SSSR count). The van der Waals surface area contributed by atoms with E-state index in [1.54, 1.807) is 30.6 Å². The molecule has 3 amide bonds. The van der Waals surface area contributed by atoms with Gasteiger partial charge in [-0.25, -0.2) is 0 Å². The van der Waals surface area contributed by atoms with Gasteiger partial charge in [0.2, 0.25) is 0 Å². The van der Waals surface area contributed by atoms with Crippen molar-refractivity contribution in [2.24, 2.45) is 0 Å². The predicted molar refractivity (Wildman–Crippen MR) is 121 cm³/mol. The van der Waals surface area contributed by atoms with Crippen molar-refractivity contribution in [1.82, 2.24) is 15.6 Å². The maximum atomic E-state index is 12.1. The van der Waals surface area contributed by atoms with Crippen LogP contribution >= 0.6 is 11.8 Å². The molecule has 1 fully saturated rings. The number of benzene rings is 2. The smallest absolute Gasteiger partial charge is 0.290 e. The summed E-state index contributed by atoms with van der Waals surface area (Å²) in [4.78, 5) is 39.8. The van der Waals surface area contributed by atoms with Crippen LogP contribution in [0.5, 0.6) is 0 Å². The highest BCUT2D eigenvalue weighted by Crippen LogP contribution is 2.27. The average Bonchev–Trinajstić information content (AvgIpc) is 3.11. The van der Waals surface area contributed by atoms with Crippen LogP contribution in [0.2, 0.25) is 0 Å². The number of hydrogen-bond acceptors (Lipinski definition) is 5. The number of imide groups is 1. The Balaban J connectivity index is 1.39. The molecule has 0 aliphatic carbocycles. The number of nitrogens with one attached hydrogen (secondary N) is 2. The van der Waals surface area contributed by atoms with Gasteiger partial charge in [0.25, 0.3) is 17.1 Å². The van der Waals surface area contributed by atoms with Crippen LogP contribution in [-0.4, -0.2) is 28.6 Å². The zero-order chi connectivity index (χ0) is 21.6. The lowest BCUT2D eigenvalue weighted by atomic mass is 10.0. The zero-order valence-corrected chi connectivity index (χ0v) is 17.3. The number of thioether (sulfide) groups is 1. The number of hydrogen-bond donors (Lipinski definition) is 2. The quantitative estimate of drug-likeness (QED) is 0.578. The first kappa shape index (κ1) is 20.6. The van der Waals surface area contributed by atoms with E-state index < -0.39 is 0 Å². The van der Waals surface area contributed by atoms with E-state index in [0.29, 0.717) is 23.4 Å². The maximum Gasteiger partial charge on any atom is 0.290 e. The molecule has 0 saturated carbocycles. The first-order chi connectivity index (χ1) is 15.1. The molecule has 31 heavy (non-hydrogen) atoms. The highest BCUT2D eigenvalue weighted by molar-refractivity contribution is 8.18. The van der Waals surface area contributed by atoms with Crippen molar-refractivity contribution >= 4 is 34.9 Å². The summed E-state index contributed by atoms with van der Waals surface area (Å²) in [5, 5.41) is 4.82. The number of aromatic nitrogens is 1. The summed E-state index contributed by atoms with van der Waals surface area (Å²) in [6.45, 7) is 0.518. The third-order valence-electron chi connectivity index (χ3n) is 4.71. The van der Waals surface area contributed by atoms with Crippen molar-refractivity contribution in [2.45, 2.75) is 6.42 Å². The fraction of sp³-hybridized carbons (Fsp3) is 0.0833. The van der Waals surface area contributed by atoms with Crippen LogP contribution in [0.25, 0.3) is 17.2 Å². The molecule has 3 aromatic rings. The summed E-state index contributed by atoms with van der Waals surface area (Å²) >= 11 is 0.901. The molecule has 0 bridgehead atoms. The summed E-state index contributed by atoms with van der Waals surface area (Å²) in [6.07, 6.45) is 5.95. The Labute approximate surface area is 183 Å². The minimum atomic E-state index is -0.365. The molecule has 0 unspecified atom stereocenters. The topological polar surface area (TPSA) is 88.2 Å². The second-order valence-electron chi connectivity index (χ2n) is 6.93. The van der Waals surface area contributed by atoms with Crippen molar-refractivity contribution in [3.8, 4) is 11.1 Å². The number of carbonyl (C=O) groups excluding carboxylic acids is 3. The largest absolute Gasteiger partial charge is 0.352 e. The zero-order valence-electron chi connectivity index (χ0n) is 16.5. The van der Waals surface area contributed by atoms with E-state index in [1.165, 1.54) is 0 Å². The summed E-state index contributed by atoms with van der Waals surface area (Å²) in [7, 11) is 0. The van der Waals surface area contributed by atoms with Gasteiger partial charge in [-0.05, 0) is 59.1 Å². The van der Waals surface area contributed by atoms with Crippen LogP contribution in [0.1, 0.15) is 21.5 Å². The van der Waals surface area contributed by atoms with Crippen LogP contribution in [0.3, 0.4) is 0 Å². The highest BCUT2D eigenvalue weighted by atomic mass is 32.2. The standard InChI is InChI=1S/C24H19N3O3S/c28-22(19-4-2-1-3-5-19)26-11-10-17-12-20(15-25-14-17)18-8-6-16(7-9-18)13-21-23(29)27-24(30)31-21/h1-9,12-15H,10-11H2,(H,26,28)(H,27,29,30). The van der Waals surface area contributed by atoms with Crippen LogP contribution in [-0.2, 0) is 11.2 Å². The van der Waals surface area contributed by atoms with Gasteiger partial charge in [0.05, 0.1) is 4.91 Å². The Morgan fingerprint density at radius 3 is 2.48 bits per heavy atom. The van der Waals surface area contributed by atoms with Gasteiger partial charge in [0, 0.05) is 30.1 Å². The van der Waals surface area contributed by atoms with E-state index >= 15 is 0 Å². The van der Waals surface area contributed by atoms with Gasteiger partial charge in [0.1, 0.15) is 0 Å².